The zero-order valence-corrected chi connectivity index (χ0v) is 21.0. The Morgan fingerprint density at radius 3 is 2.14 bits per heavy atom. The summed E-state index contributed by atoms with van der Waals surface area (Å²) in [7, 11) is 1.25. The summed E-state index contributed by atoms with van der Waals surface area (Å²) in [5.74, 6) is -1.85. The van der Waals surface area contributed by atoms with Gasteiger partial charge in [-0.1, -0.05) is 83.9 Å². The monoisotopic (exact) mass is 492 g/mol. The van der Waals surface area contributed by atoms with Gasteiger partial charge in [0.15, 0.2) is 0 Å². The maximum absolute atomic E-state index is 12.3. The number of aryl methyl sites for hydroxylation is 2. The van der Waals surface area contributed by atoms with Crippen molar-refractivity contribution in [2.75, 3.05) is 25.2 Å². The first-order valence-corrected chi connectivity index (χ1v) is 12.1. The molecule has 4 aromatic rings. The van der Waals surface area contributed by atoms with Crippen molar-refractivity contribution in [3.63, 3.8) is 0 Å². The lowest BCUT2D eigenvalue weighted by Crippen LogP contribution is -2.45. The summed E-state index contributed by atoms with van der Waals surface area (Å²) in [5.41, 5.74) is 7.23. The van der Waals surface area contributed by atoms with E-state index in [0.29, 0.717) is 0 Å². The van der Waals surface area contributed by atoms with Crippen molar-refractivity contribution in [2.24, 2.45) is 0 Å². The fourth-order valence-corrected chi connectivity index (χ4v) is 4.87. The summed E-state index contributed by atoms with van der Waals surface area (Å²) >= 11 is 0. The van der Waals surface area contributed by atoms with Crippen molar-refractivity contribution >= 4 is 28.4 Å². The van der Waals surface area contributed by atoms with Crippen molar-refractivity contribution in [1.82, 2.24) is 5.32 Å². The van der Waals surface area contributed by atoms with Gasteiger partial charge >= 0.3 is 11.9 Å². The van der Waals surface area contributed by atoms with Gasteiger partial charge in [-0.05, 0) is 41.8 Å². The van der Waals surface area contributed by atoms with Crippen LogP contribution in [0.3, 0.4) is 0 Å². The highest BCUT2D eigenvalue weighted by atomic mass is 16.5. The first kappa shape index (κ1) is 24.1. The van der Waals surface area contributed by atoms with E-state index in [-0.39, 0.29) is 24.5 Å². The number of hydrogen-bond donors (Lipinski definition) is 2. The Kier molecular flexibility index (Phi) is 6.40. The topological polar surface area (TPSA) is 78.9 Å². The Morgan fingerprint density at radius 1 is 0.892 bits per heavy atom. The van der Waals surface area contributed by atoms with E-state index < -0.39 is 11.9 Å². The van der Waals surface area contributed by atoms with Crippen LogP contribution in [-0.4, -0.2) is 37.4 Å². The molecule has 1 heterocycles. The predicted octanol–water partition coefficient (Wildman–Crippen LogP) is 5.67. The minimum atomic E-state index is -1.16. The number of hydrogen-bond acceptors (Lipinski definition) is 5. The molecule has 37 heavy (non-hydrogen) atoms. The van der Waals surface area contributed by atoms with Crippen LogP contribution in [0.1, 0.15) is 11.1 Å². The number of carbonyl (C=O) groups excluding carboxylic acids is 1. The van der Waals surface area contributed by atoms with Gasteiger partial charge in [0.25, 0.3) is 0 Å². The molecule has 4 aromatic carbocycles. The van der Waals surface area contributed by atoms with Crippen LogP contribution < -0.4 is 10.2 Å². The third kappa shape index (κ3) is 4.54. The highest BCUT2D eigenvalue weighted by molar-refractivity contribution is 6.09. The van der Waals surface area contributed by atoms with E-state index in [1.165, 1.54) is 7.11 Å². The van der Waals surface area contributed by atoms with E-state index in [1.807, 2.05) is 17.0 Å². The second-order valence-corrected chi connectivity index (χ2v) is 9.28. The molecule has 6 heteroatoms. The molecular weight excluding hydrogens is 464 g/mol. The Balaban J connectivity index is 1.82. The van der Waals surface area contributed by atoms with Gasteiger partial charge in [-0.25, -0.2) is 9.59 Å². The number of aliphatic carboxylic acids is 1. The zero-order chi connectivity index (χ0) is 26.1. The summed E-state index contributed by atoms with van der Waals surface area (Å²) in [6.45, 7) is 4.40. The molecule has 2 N–H and O–H groups in total. The fourth-order valence-electron chi connectivity index (χ4n) is 4.87. The predicted molar refractivity (Wildman–Crippen MR) is 146 cm³/mol. The molecular formula is C31H28N2O4. The Labute approximate surface area is 215 Å². The van der Waals surface area contributed by atoms with Crippen molar-refractivity contribution < 1.29 is 19.4 Å². The van der Waals surface area contributed by atoms with Gasteiger partial charge in [-0.2, -0.15) is 0 Å². The summed E-state index contributed by atoms with van der Waals surface area (Å²) in [6, 6.07) is 27.1. The molecule has 0 aliphatic carbocycles. The number of esters is 1. The van der Waals surface area contributed by atoms with Gasteiger partial charge in [-0.15, -0.1) is 0 Å². The number of nitrogens with zero attached hydrogens (tertiary/aromatic N) is 1. The molecule has 0 bridgehead atoms. The van der Waals surface area contributed by atoms with Crippen LogP contribution in [-0.2, 0) is 14.3 Å². The lowest BCUT2D eigenvalue weighted by molar-refractivity contribution is -0.138. The second-order valence-electron chi connectivity index (χ2n) is 9.28. The Morgan fingerprint density at radius 2 is 1.51 bits per heavy atom. The van der Waals surface area contributed by atoms with E-state index in [2.05, 4.69) is 85.9 Å². The van der Waals surface area contributed by atoms with Crippen LogP contribution in [0.15, 0.2) is 90.1 Å². The largest absolute Gasteiger partial charge is 0.478 e. The van der Waals surface area contributed by atoms with Gasteiger partial charge in [0, 0.05) is 11.1 Å². The van der Waals surface area contributed by atoms with E-state index in [0.717, 1.165) is 49.8 Å². The van der Waals surface area contributed by atoms with Gasteiger partial charge in [0.2, 0.25) is 0 Å². The van der Waals surface area contributed by atoms with Gasteiger partial charge in [0.05, 0.1) is 31.6 Å². The first-order chi connectivity index (χ1) is 17.9. The lowest BCUT2D eigenvalue weighted by atomic mass is 9.89. The van der Waals surface area contributed by atoms with Gasteiger partial charge in [0.1, 0.15) is 5.70 Å². The molecule has 0 unspecified atom stereocenters. The minimum Gasteiger partial charge on any atom is -0.478 e. The quantitative estimate of drug-likeness (QED) is 0.350. The van der Waals surface area contributed by atoms with Crippen molar-refractivity contribution in [3.8, 4) is 22.3 Å². The molecule has 0 aromatic heterocycles. The van der Waals surface area contributed by atoms with Crippen LogP contribution in [0.25, 0.3) is 33.0 Å². The highest BCUT2D eigenvalue weighted by Crippen LogP contribution is 2.45. The summed E-state index contributed by atoms with van der Waals surface area (Å²) in [4.78, 5) is 26.5. The van der Waals surface area contributed by atoms with E-state index >= 15 is 0 Å². The number of fused-ring (bicyclic) bond motifs is 1. The molecule has 1 aliphatic heterocycles. The average molecular weight is 493 g/mol. The van der Waals surface area contributed by atoms with Crippen LogP contribution >= 0.6 is 0 Å². The van der Waals surface area contributed by atoms with E-state index in [9.17, 15) is 14.7 Å². The highest BCUT2D eigenvalue weighted by Gasteiger charge is 2.31. The van der Waals surface area contributed by atoms with Crippen LogP contribution in [0.4, 0.5) is 5.69 Å². The summed E-state index contributed by atoms with van der Waals surface area (Å²) in [6.07, 6.45) is 0. The average Bonchev–Trinajstić information content (AvgIpc) is 2.92. The minimum absolute atomic E-state index is 0.0131. The molecule has 6 nitrogen and oxygen atoms in total. The van der Waals surface area contributed by atoms with E-state index in [1.54, 1.807) is 0 Å². The van der Waals surface area contributed by atoms with E-state index in [4.69, 9.17) is 4.74 Å². The molecule has 1 aliphatic rings. The molecule has 0 spiro atoms. The number of benzene rings is 4. The van der Waals surface area contributed by atoms with Gasteiger partial charge < -0.3 is 20.1 Å². The number of carboxylic acid groups (broad SMARTS) is 1. The third-order valence-corrected chi connectivity index (χ3v) is 6.79. The Bertz CT molecular complexity index is 1540. The maximum Gasteiger partial charge on any atom is 0.354 e. The summed E-state index contributed by atoms with van der Waals surface area (Å²) < 4.78 is 4.84. The molecule has 5 rings (SSSR count). The number of methoxy groups -OCH3 is 1. The SMILES string of the molecule is COC(=O)C1=C(C(=O)O)CN(c2c(-c3ccc(C)cc3)cc3ccccc3c2-c2ccc(C)cc2)CN1. The number of nitrogens with one attached hydrogen (secondary N) is 1. The van der Waals surface area contributed by atoms with Crippen molar-refractivity contribution in [3.05, 3.63) is 101 Å². The third-order valence-electron chi connectivity index (χ3n) is 6.79. The fraction of sp³-hybridized carbons (Fsp3) is 0.161. The summed E-state index contributed by atoms with van der Waals surface area (Å²) in [5, 5.41) is 15.2. The molecule has 186 valence electrons. The van der Waals surface area contributed by atoms with Crippen molar-refractivity contribution in [1.29, 1.82) is 0 Å². The second kappa shape index (κ2) is 9.82. The van der Waals surface area contributed by atoms with Crippen LogP contribution in [0.5, 0.6) is 0 Å². The molecule has 0 atom stereocenters. The van der Waals surface area contributed by atoms with Crippen molar-refractivity contribution in [2.45, 2.75) is 13.8 Å². The maximum atomic E-state index is 12.3. The first-order valence-electron chi connectivity index (χ1n) is 12.1. The lowest BCUT2D eigenvalue weighted by Gasteiger charge is -2.35. The zero-order valence-electron chi connectivity index (χ0n) is 21.0. The molecule has 0 amide bonds. The standard InChI is InChI=1S/C31H28N2O4/c1-19-8-12-21(13-9-19)25-16-23-6-4-5-7-24(23)27(22-14-10-20(2)11-15-22)29(25)33-17-26(30(34)35)28(32-18-33)31(36)37-3/h4-16,32H,17-18H2,1-3H3,(H,34,35). The molecule has 0 saturated heterocycles. The number of rotatable bonds is 5. The van der Waals surface area contributed by atoms with Gasteiger partial charge in [-0.3, -0.25) is 0 Å². The molecule has 0 saturated carbocycles. The normalized spacial score (nSPS) is 13.4. The smallest absolute Gasteiger partial charge is 0.354 e. The number of ether oxygens (including phenoxy) is 1. The Hall–Kier alpha value is -4.58. The molecule has 0 fully saturated rings. The van der Waals surface area contributed by atoms with Crippen LogP contribution in [0.2, 0.25) is 0 Å². The number of carboxylic acids is 1. The molecule has 0 radical (unpaired) electrons. The number of anilines is 1. The van der Waals surface area contributed by atoms with Crippen LogP contribution in [0, 0.1) is 13.8 Å². The number of carbonyl (C=O) groups is 2.